The Morgan fingerprint density at radius 3 is 2.71 bits per heavy atom. The lowest BCUT2D eigenvalue weighted by atomic mass is 9.82. The zero-order chi connectivity index (χ0) is 12.3. The number of aliphatic hydroxyl groups is 1. The summed E-state index contributed by atoms with van der Waals surface area (Å²) < 4.78 is 0. The van der Waals surface area contributed by atoms with Gasteiger partial charge in [0.25, 0.3) is 0 Å². The number of nitrogen functional groups attached to an aromatic ring is 1. The van der Waals surface area contributed by atoms with E-state index in [1.165, 1.54) is 12.7 Å². The van der Waals surface area contributed by atoms with E-state index in [-0.39, 0.29) is 17.3 Å². The van der Waals surface area contributed by atoms with Crippen LogP contribution in [0.3, 0.4) is 0 Å². The van der Waals surface area contributed by atoms with Crippen molar-refractivity contribution in [3.05, 3.63) is 11.5 Å². The minimum Gasteiger partial charge on any atom is -0.394 e. The number of hydrogen-bond acceptors (Lipinski definition) is 5. The second-order valence-corrected chi connectivity index (χ2v) is 4.91. The summed E-state index contributed by atoms with van der Waals surface area (Å²) in [6.07, 6.45) is 6.63. The van der Waals surface area contributed by atoms with Crippen LogP contribution in [0, 0.1) is 0 Å². The van der Waals surface area contributed by atoms with E-state index >= 15 is 0 Å². The average Bonchev–Trinajstić information content (AvgIpc) is 2.36. The molecule has 1 aliphatic carbocycles. The predicted octanol–water partition coefficient (Wildman–Crippen LogP) is 1.82. The third-order valence-electron chi connectivity index (χ3n) is 3.33. The van der Waals surface area contributed by atoms with Crippen molar-refractivity contribution in [1.82, 2.24) is 9.97 Å². The van der Waals surface area contributed by atoms with Crippen LogP contribution in [0.25, 0.3) is 0 Å². The normalized spacial score (nSPS) is 18.9. The molecule has 94 valence electrons. The molecule has 6 heteroatoms. The Morgan fingerprint density at radius 1 is 1.35 bits per heavy atom. The Morgan fingerprint density at radius 2 is 2.06 bits per heavy atom. The molecule has 0 unspecified atom stereocenters. The van der Waals surface area contributed by atoms with Crippen molar-refractivity contribution < 1.29 is 5.11 Å². The minimum absolute atomic E-state index is 0.0774. The molecule has 1 aromatic rings. The molecule has 1 fully saturated rings. The molecule has 1 aliphatic rings. The van der Waals surface area contributed by atoms with Gasteiger partial charge in [-0.15, -0.1) is 0 Å². The van der Waals surface area contributed by atoms with Crippen molar-refractivity contribution in [3.63, 3.8) is 0 Å². The summed E-state index contributed by atoms with van der Waals surface area (Å²) in [6, 6.07) is 0. The van der Waals surface area contributed by atoms with Gasteiger partial charge in [-0.3, -0.25) is 0 Å². The van der Waals surface area contributed by atoms with E-state index in [2.05, 4.69) is 15.3 Å². The summed E-state index contributed by atoms with van der Waals surface area (Å²) in [4.78, 5) is 7.89. The van der Waals surface area contributed by atoms with Crippen LogP contribution in [0.4, 0.5) is 11.5 Å². The molecule has 0 spiro atoms. The van der Waals surface area contributed by atoms with E-state index in [0.717, 1.165) is 25.7 Å². The van der Waals surface area contributed by atoms with Gasteiger partial charge in [0, 0.05) is 0 Å². The smallest absolute Gasteiger partial charge is 0.157 e. The second kappa shape index (κ2) is 5.06. The Balaban J connectivity index is 2.20. The number of nitrogens with one attached hydrogen (secondary N) is 1. The maximum atomic E-state index is 9.58. The maximum Gasteiger partial charge on any atom is 0.157 e. The van der Waals surface area contributed by atoms with Gasteiger partial charge in [-0.2, -0.15) is 0 Å². The first-order valence-corrected chi connectivity index (χ1v) is 6.20. The molecule has 5 nitrogen and oxygen atoms in total. The summed E-state index contributed by atoms with van der Waals surface area (Å²) in [5.41, 5.74) is 5.84. The molecule has 0 atom stereocenters. The number of nitrogens with two attached hydrogens (primary N) is 1. The van der Waals surface area contributed by atoms with Crippen molar-refractivity contribution in [2.45, 2.75) is 37.6 Å². The van der Waals surface area contributed by atoms with Crippen molar-refractivity contribution in [2.24, 2.45) is 0 Å². The molecule has 0 bridgehead atoms. The largest absolute Gasteiger partial charge is 0.394 e. The van der Waals surface area contributed by atoms with Crippen LogP contribution in [-0.4, -0.2) is 27.2 Å². The highest BCUT2D eigenvalue weighted by Crippen LogP contribution is 2.33. The number of aromatic nitrogens is 2. The zero-order valence-electron chi connectivity index (χ0n) is 9.62. The lowest BCUT2D eigenvalue weighted by molar-refractivity contribution is 0.172. The Labute approximate surface area is 105 Å². The SMILES string of the molecule is Nc1c(Cl)ncnc1NC1(CO)CCCCC1. The summed E-state index contributed by atoms with van der Waals surface area (Å²) in [7, 11) is 0. The lowest BCUT2D eigenvalue weighted by Gasteiger charge is -2.37. The van der Waals surface area contributed by atoms with Crippen LogP contribution in [0.15, 0.2) is 6.33 Å². The van der Waals surface area contributed by atoms with E-state index in [4.69, 9.17) is 17.3 Å². The third kappa shape index (κ3) is 2.61. The molecular formula is C11H17ClN4O. The van der Waals surface area contributed by atoms with Crippen LogP contribution in [0.5, 0.6) is 0 Å². The first kappa shape index (κ1) is 12.4. The third-order valence-corrected chi connectivity index (χ3v) is 3.63. The molecule has 2 rings (SSSR count). The fourth-order valence-corrected chi connectivity index (χ4v) is 2.41. The number of aliphatic hydroxyl groups excluding tert-OH is 1. The molecule has 4 N–H and O–H groups in total. The van der Waals surface area contributed by atoms with Gasteiger partial charge >= 0.3 is 0 Å². The molecular weight excluding hydrogens is 240 g/mol. The fourth-order valence-electron chi connectivity index (χ4n) is 2.28. The summed E-state index contributed by atoms with van der Waals surface area (Å²) in [5.74, 6) is 0.515. The first-order valence-electron chi connectivity index (χ1n) is 5.82. The van der Waals surface area contributed by atoms with Crippen molar-refractivity contribution >= 4 is 23.1 Å². The highest BCUT2D eigenvalue weighted by atomic mass is 35.5. The van der Waals surface area contributed by atoms with Crippen LogP contribution in [0.1, 0.15) is 32.1 Å². The van der Waals surface area contributed by atoms with Crippen molar-refractivity contribution in [2.75, 3.05) is 17.7 Å². The number of anilines is 2. The first-order chi connectivity index (χ1) is 8.17. The summed E-state index contributed by atoms with van der Waals surface area (Å²) >= 11 is 5.84. The number of halogens is 1. The Kier molecular flexibility index (Phi) is 3.69. The molecule has 0 aliphatic heterocycles. The van der Waals surface area contributed by atoms with Gasteiger partial charge in [0.05, 0.1) is 12.1 Å². The predicted molar refractivity (Wildman–Crippen MR) is 68.0 cm³/mol. The van der Waals surface area contributed by atoms with E-state index in [1.54, 1.807) is 0 Å². The van der Waals surface area contributed by atoms with E-state index in [0.29, 0.717) is 11.5 Å². The van der Waals surface area contributed by atoms with Gasteiger partial charge in [0.2, 0.25) is 0 Å². The average molecular weight is 257 g/mol. The molecule has 0 radical (unpaired) electrons. The number of hydrogen-bond donors (Lipinski definition) is 3. The molecule has 0 amide bonds. The number of rotatable bonds is 3. The lowest BCUT2D eigenvalue weighted by Crippen LogP contribution is -2.44. The standard InChI is InChI=1S/C11H17ClN4O/c12-9-8(13)10(15-7-14-9)16-11(6-17)4-2-1-3-5-11/h7,17H,1-6,13H2,(H,14,15,16). The van der Waals surface area contributed by atoms with Crippen LogP contribution in [0.2, 0.25) is 5.15 Å². The highest BCUT2D eigenvalue weighted by molar-refractivity contribution is 6.32. The zero-order valence-corrected chi connectivity index (χ0v) is 10.4. The molecule has 1 saturated carbocycles. The maximum absolute atomic E-state index is 9.58. The van der Waals surface area contributed by atoms with Crippen LogP contribution in [-0.2, 0) is 0 Å². The molecule has 1 aromatic heterocycles. The van der Waals surface area contributed by atoms with E-state index in [1.807, 2.05) is 0 Å². The van der Waals surface area contributed by atoms with Gasteiger partial charge in [0.15, 0.2) is 11.0 Å². The van der Waals surface area contributed by atoms with E-state index in [9.17, 15) is 5.11 Å². The monoisotopic (exact) mass is 256 g/mol. The van der Waals surface area contributed by atoms with Gasteiger partial charge in [0.1, 0.15) is 12.0 Å². The Bertz CT molecular complexity index is 393. The van der Waals surface area contributed by atoms with Gasteiger partial charge in [-0.25, -0.2) is 9.97 Å². The van der Waals surface area contributed by atoms with Gasteiger partial charge in [-0.05, 0) is 12.8 Å². The van der Waals surface area contributed by atoms with Crippen molar-refractivity contribution in [3.8, 4) is 0 Å². The van der Waals surface area contributed by atoms with Gasteiger partial charge in [-0.1, -0.05) is 30.9 Å². The molecule has 0 saturated heterocycles. The molecule has 1 heterocycles. The van der Waals surface area contributed by atoms with Crippen molar-refractivity contribution in [1.29, 1.82) is 0 Å². The van der Waals surface area contributed by atoms with Gasteiger partial charge < -0.3 is 16.2 Å². The number of nitrogens with zero attached hydrogens (tertiary/aromatic N) is 2. The minimum atomic E-state index is -0.315. The fraction of sp³-hybridized carbons (Fsp3) is 0.636. The summed E-state index contributed by atoms with van der Waals surface area (Å²) in [5, 5.41) is 13.1. The quantitative estimate of drug-likeness (QED) is 0.719. The van der Waals surface area contributed by atoms with Crippen LogP contribution < -0.4 is 11.1 Å². The van der Waals surface area contributed by atoms with Crippen LogP contribution >= 0.6 is 11.6 Å². The topological polar surface area (TPSA) is 84.1 Å². The highest BCUT2D eigenvalue weighted by Gasteiger charge is 2.32. The molecule has 0 aromatic carbocycles. The Hall–Kier alpha value is -1.07. The molecule has 17 heavy (non-hydrogen) atoms. The van der Waals surface area contributed by atoms with E-state index < -0.39 is 0 Å². The summed E-state index contributed by atoms with van der Waals surface area (Å²) in [6.45, 7) is 0.0774. The second-order valence-electron chi connectivity index (χ2n) is 4.55.